The topological polar surface area (TPSA) is 126 Å². The second kappa shape index (κ2) is 11.1. The molecule has 0 radical (unpaired) electrons. The molecule has 0 bridgehead atoms. The average molecular weight is 553 g/mol. The van der Waals surface area contributed by atoms with Crippen LogP contribution < -0.4 is 15.8 Å². The molecule has 1 amide bonds. The molecule has 1 aliphatic heterocycles. The number of nitrogens with two attached hydrogens (primary N) is 1. The monoisotopic (exact) mass is 553 g/mol. The fraction of sp³-hybridized carbons (Fsp3) is 0.579. The van der Waals surface area contributed by atoms with Gasteiger partial charge in [0, 0.05) is 19.6 Å². The van der Waals surface area contributed by atoms with E-state index in [0.29, 0.717) is 25.6 Å². The number of likely N-dealkylation sites (tertiary alicyclic amines) is 1. The third kappa shape index (κ3) is 8.64. The molecule has 30 heavy (non-hydrogen) atoms. The normalized spacial score (nSPS) is 17.3. The zero-order valence-electron chi connectivity index (χ0n) is 17.8. The third-order valence-corrected chi connectivity index (χ3v) is 5.09. The molecule has 1 aromatic rings. The van der Waals surface area contributed by atoms with Gasteiger partial charge in [-0.1, -0.05) is 12.1 Å². The number of nitrogens with one attached hydrogen (secondary N) is 2. The van der Waals surface area contributed by atoms with Gasteiger partial charge < -0.3 is 20.3 Å². The van der Waals surface area contributed by atoms with Crippen LogP contribution in [0.1, 0.15) is 39.7 Å². The van der Waals surface area contributed by atoms with Crippen LogP contribution in [0, 0.1) is 0 Å². The summed E-state index contributed by atoms with van der Waals surface area (Å²) in [5, 5.41) is 11.3. The number of guanidine groups is 1. The first-order chi connectivity index (χ1) is 13.5. The lowest BCUT2D eigenvalue weighted by molar-refractivity contribution is 0.0507. The van der Waals surface area contributed by atoms with E-state index < -0.39 is 21.7 Å². The quantitative estimate of drug-likeness (QED) is 0.291. The molecule has 11 heteroatoms. The summed E-state index contributed by atoms with van der Waals surface area (Å²) in [7, 11) is -3.75. The van der Waals surface area contributed by atoms with Crippen molar-refractivity contribution in [3.8, 4) is 0 Å². The summed E-state index contributed by atoms with van der Waals surface area (Å²) in [6, 6.07) is 6.41. The van der Waals surface area contributed by atoms with Gasteiger partial charge in [-0.2, -0.15) is 0 Å². The van der Waals surface area contributed by atoms with Gasteiger partial charge in [0.2, 0.25) is 10.0 Å². The molecule has 1 fully saturated rings. The summed E-state index contributed by atoms with van der Waals surface area (Å²) in [6.07, 6.45) is 0.357. The van der Waals surface area contributed by atoms with Crippen LogP contribution in [0.15, 0.2) is 34.2 Å². The number of carbonyl (C=O) groups is 1. The highest BCUT2D eigenvalue weighted by Gasteiger charge is 2.27. The molecule has 1 unspecified atom stereocenters. The molecular weight excluding hydrogens is 521 g/mol. The predicted octanol–water partition coefficient (Wildman–Crippen LogP) is 2.02. The molecule has 1 aliphatic rings. The first-order valence-electron chi connectivity index (χ1n) is 9.62. The van der Waals surface area contributed by atoms with Gasteiger partial charge in [0.05, 0.1) is 17.5 Å². The van der Waals surface area contributed by atoms with Crippen molar-refractivity contribution < 1.29 is 17.9 Å². The van der Waals surface area contributed by atoms with E-state index in [1.165, 1.54) is 12.1 Å². The van der Waals surface area contributed by atoms with Crippen molar-refractivity contribution in [1.29, 1.82) is 0 Å². The summed E-state index contributed by atoms with van der Waals surface area (Å²) in [5.41, 5.74) is 0.208. The minimum Gasteiger partial charge on any atom is -0.444 e. The number of hydrogen-bond donors (Lipinski definition) is 3. The summed E-state index contributed by atoms with van der Waals surface area (Å²) >= 11 is 0. The van der Waals surface area contributed by atoms with Crippen LogP contribution in [0.3, 0.4) is 0 Å². The SMILES string of the molecule is CCNC(=NCc1cccc(S(N)(=O)=O)c1)N1CCC(NC(=O)OC(C)(C)C)C1.I. The molecule has 1 atom stereocenters. The maximum absolute atomic E-state index is 12.0. The second-order valence-corrected chi connectivity index (χ2v) is 9.50. The number of amides is 1. The molecule has 0 spiro atoms. The van der Waals surface area contributed by atoms with Crippen molar-refractivity contribution in [2.24, 2.45) is 10.1 Å². The molecular formula is C19H32IN5O4S. The van der Waals surface area contributed by atoms with Crippen LogP contribution in [0.4, 0.5) is 4.79 Å². The molecule has 2 rings (SSSR count). The van der Waals surface area contributed by atoms with E-state index in [9.17, 15) is 13.2 Å². The number of sulfonamides is 1. The Labute approximate surface area is 195 Å². The van der Waals surface area contributed by atoms with Crippen LogP contribution in [0.2, 0.25) is 0 Å². The van der Waals surface area contributed by atoms with E-state index in [1.807, 2.05) is 27.7 Å². The van der Waals surface area contributed by atoms with Crippen LogP contribution in [-0.2, 0) is 21.3 Å². The summed E-state index contributed by atoms with van der Waals surface area (Å²) in [4.78, 5) is 18.7. The molecule has 0 saturated carbocycles. The molecule has 1 aromatic carbocycles. The Balaban J connectivity index is 0.00000450. The number of ether oxygens (including phenoxy) is 1. The van der Waals surface area contributed by atoms with Crippen LogP contribution >= 0.6 is 24.0 Å². The van der Waals surface area contributed by atoms with E-state index in [2.05, 4.69) is 20.5 Å². The number of carbonyl (C=O) groups excluding carboxylic acids is 1. The molecule has 0 aliphatic carbocycles. The standard InChI is InChI=1S/C19H31N5O4S.HI/c1-5-21-17(22-12-14-7-6-8-16(11-14)29(20,26)27)24-10-9-15(13-24)23-18(25)28-19(2,3)4;/h6-8,11,15H,5,9-10,12-13H2,1-4H3,(H,21,22)(H,23,25)(H2,20,26,27);1H. The Morgan fingerprint density at radius 1 is 1.37 bits per heavy atom. The molecule has 0 aromatic heterocycles. The van der Waals surface area contributed by atoms with Crippen LogP contribution in [0.5, 0.6) is 0 Å². The highest BCUT2D eigenvalue weighted by Crippen LogP contribution is 2.14. The van der Waals surface area contributed by atoms with E-state index in [1.54, 1.807) is 12.1 Å². The maximum Gasteiger partial charge on any atom is 0.407 e. The summed E-state index contributed by atoms with van der Waals surface area (Å²) in [6.45, 7) is 9.82. The summed E-state index contributed by atoms with van der Waals surface area (Å²) < 4.78 is 28.4. The molecule has 1 heterocycles. The number of hydrogen-bond acceptors (Lipinski definition) is 5. The Morgan fingerprint density at radius 2 is 2.07 bits per heavy atom. The van der Waals surface area contributed by atoms with Crippen molar-refractivity contribution in [2.75, 3.05) is 19.6 Å². The number of primary sulfonamides is 1. The average Bonchev–Trinajstić information content (AvgIpc) is 3.04. The minimum absolute atomic E-state index is 0. The van der Waals surface area contributed by atoms with E-state index in [4.69, 9.17) is 9.88 Å². The maximum atomic E-state index is 12.0. The van der Waals surface area contributed by atoms with Gasteiger partial charge in [-0.3, -0.25) is 0 Å². The summed E-state index contributed by atoms with van der Waals surface area (Å²) in [5.74, 6) is 0.710. The van der Waals surface area contributed by atoms with Crippen LogP contribution in [-0.4, -0.2) is 56.6 Å². The zero-order valence-corrected chi connectivity index (χ0v) is 21.0. The predicted molar refractivity (Wildman–Crippen MR) is 127 cm³/mol. The lowest BCUT2D eigenvalue weighted by atomic mass is 10.2. The van der Waals surface area contributed by atoms with E-state index in [-0.39, 0.29) is 34.9 Å². The molecule has 170 valence electrons. The van der Waals surface area contributed by atoms with Gasteiger partial charge in [0.1, 0.15) is 5.60 Å². The fourth-order valence-electron chi connectivity index (χ4n) is 2.96. The van der Waals surface area contributed by atoms with Gasteiger partial charge in [-0.15, -0.1) is 24.0 Å². The Hall–Kier alpha value is -1.60. The number of rotatable bonds is 5. The molecule has 9 nitrogen and oxygen atoms in total. The number of benzene rings is 1. The van der Waals surface area contributed by atoms with Gasteiger partial charge in [0.25, 0.3) is 0 Å². The number of aliphatic imine (C=N–C) groups is 1. The van der Waals surface area contributed by atoms with Crippen LogP contribution in [0.25, 0.3) is 0 Å². The van der Waals surface area contributed by atoms with Crippen molar-refractivity contribution in [1.82, 2.24) is 15.5 Å². The Kier molecular flexibility index (Phi) is 9.82. The van der Waals surface area contributed by atoms with E-state index >= 15 is 0 Å². The second-order valence-electron chi connectivity index (χ2n) is 7.94. The van der Waals surface area contributed by atoms with Crippen molar-refractivity contribution >= 4 is 46.1 Å². The minimum atomic E-state index is -3.75. The lowest BCUT2D eigenvalue weighted by Gasteiger charge is -2.23. The first-order valence-corrected chi connectivity index (χ1v) is 11.2. The van der Waals surface area contributed by atoms with Gasteiger partial charge in [-0.25, -0.2) is 23.3 Å². The number of halogens is 1. The Morgan fingerprint density at radius 3 is 2.67 bits per heavy atom. The number of nitrogens with zero attached hydrogens (tertiary/aromatic N) is 2. The van der Waals surface area contributed by atoms with Gasteiger partial charge in [-0.05, 0) is 51.8 Å². The largest absolute Gasteiger partial charge is 0.444 e. The lowest BCUT2D eigenvalue weighted by Crippen LogP contribution is -2.44. The molecule has 4 N–H and O–H groups in total. The van der Waals surface area contributed by atoms with Crippen molar-refractivity contribution in [3.05, 3.63) is 29.8 Å². The van der Waals surface area contributed by atoms with Crippen molar-refractivity contribution in [3.63, 3.8) is 0 Å². The highest BCUT2D eigenvalue weighted by molar-refractivity contribution is 14.0. The first kappa shape index (κ1) is 26.4. The fourth-order valence-corrected chi connectivity index (χ4v) is 3.54. The van der Waals surface area contributed by atoms with Gasteiger partial charge in [0.15, 0.2) is 5.96 Å². The zero-order chi connectivity index (χ0) is 21.7. The highest BCUT2D eigenvalue weighted by atomic mass is 127. The number of alkyl carbamates (subject to hydrolysis) is 1. The van der Waals surface area contributed by atoms with E-state index in [0.717, 1.165) is 18.5 Å². The van der Waals surface area contributed by atoms with Gasteiger partial charge >= 0.3 is 6.09 Å². The third-order valence-electron chi connectivity index (χ3n) is 4.18. The molecule has 1 saturated heterocycles. The van der Waals surface area contributed by atoms with Crippen molar-refractivity contribution in [2.45, 2.75) is 57.2 Å². The Bertz CT molecular complexity index is 855. The smallest absolute Gasteiger partial charge is 0.407 e.